The van der Waals surface area contributed by atoms with Crippen LogP contribution < -0.4 is 10.4 Å². The number of carbonyl (C=O) groups excluding carboxylic acids is 2. The van der Waals surface area contributed by atoms with Crippen molar-refractivity contribution in [3.8, 4) is 0 Å². The fourth-order valence-electron chi connectivity index (χ4n) is 0.840. The molecule has 13 heavy (non-hydrogen) atoms. The Kier molecular flexibility index (Phi) is 6.40. The molecule has 0 aliphatic heterocycles. The van der Waals surface area contributed by atoms with E-state index >= 15 is 0 Å². The summed E-state index contributed by atoms with van der Waals surface area (Å²) in [6.07, 6.45) is 0.417. The Balaban J connectivity index is 3.81. The SMILES string of the molecule is CCSCC[C@@H](NC(C)=O)C(=O)[O-]. The molecule has 0 aliphatic rings. The maximum absolute atomic E-state index is 10.6. The van der Waals surface area contributed by atoms with E-state index in [1.54, 1.807) is 11.8 Å². The zero-order valence-corrected chi connectivity index (χ0v) is 8.65. The molecule has 0 saturated carbocycles. The highest BCUT2D eigenvalue weighted by Gasteiger charge is 2.09. The van der Waals surface area contributed by atoms with E-state index in [0.717, 1.165) is 11.5 Å². The molecule has 0 bridgehead atoms. The van der Waals surface area contributed by atoms with Gasteiger partial charge in [0.1, 0.15) is 0 Å². The molecule has 0 fully saturated rings. The number of nitrogens with one attached hydrogen (secondary N) is 1. The van der Waals surface area contributed by atoms with Crippen LogP contribution in [0.3, 0.4) is 0 Å². The van der Waals surface area contributed by atoms with E-state index in [2.05, 4.69) is 5.32 Å². The number of hydrogen-bond donors (Lipinski definition) is 1. The highest BCUT2D eigenvalue weighted by atomic mass is 32.2. The first-order valence-electron chi connectivity index (χ1n) is 4.13. The van der Waals surface area contributed by atoms with Gasteiger partial charge in [0.15, 0.2) is 0 Å². The summed E-state index contributed by atoms with van der Waals surface area (Å²) < 4.78 is 0. The van der Waals surface area contributed by atoms with E-state index in [0.29, 0.717) is 6.42 Å². The quantitative estimate of drug-likeness (QED) is 0.586. The summed E-state index contributed by atoms with van der Waals surface area (Å²) in [4.78, 5) is 21.1. The molecule has 1 amide bonds. The van der Waals surface area contributed by atoms with Crippen molar-refractivity contribution in [2.75, 3.05) is 11.5 Å². The Labute approximate surface area is 82.1 Å². The molecule has 4 nitrogen and oxygen atoms in total. The molecular weight excluding hydrogens is 190 g/mol. The Morgan fingerprint density at radius 2 is 2.15 bits per heavy atom. The van der Waals surface area contributed by atoms with Crippen LogP contribution >= 0.6 is 11.8 Å². The van der Waals surface area contributed by atoms with Gasteiger partial charge in [-0.15, -0.1) is 0 Å². The van der Waals surface area contributed by atoms with Crippen molar-refractivity contribution in [2.24, 2.45) is 0 Å². The summed E-state index contributed by atoms with van der Waals surface area (Å²) in [6.45, 7) is 3.29. The van der Waals surface area contributed by atoms with E-state index in [9.17, 15) is 14.7 Å². The van der Waals surface area contributed by atoms with Crippen LogP contribution in [0.4, 0.5) is 0 Å². The molecule has 0 spiro atoms. The summed E-state index contributed by atoms with van der Waals surface area (Å²) >= 11 is 1.64. The molecule has 0 saturated heterocycles. The summed E-state index contributed by atoms with van der Waals surface area (Å²) in [5, 5.41) is 12.8. The van der Waals surface area contributed by atoms with E-state index in [1.807, 2.05) is 6.92 Å². The lowest BCUT2D eigenvalue weighted by atomic mass is 10.2. The average molecular weight is 204 g/mol. The molecule has 0 aromatic heterocycles. The third-order valence-corrected chi connectivity index (χ3v) is 2.35. The van der Waals surface area contributed by atoms with Crippen molar-refractivity contribution >= 4 is 23.6 Å². The minimum atomic E-state index is -1.22. The van der Waals surface area contributed by atoms with Crippen molar-refractivity contribution in [2.45, 2.75) is 26.3 Å². The monoisotopic (exact) mass is 204 g/mol. The number of rotatable bonds is 6. The zero-order chi connectivity index (χ0) is 10.3. The molecule has 0 rings (SSSR count). The molecule has 5 heteroatoms. The van der Waals surface area contributed by atoms with Gasteiger partial charge in [-0.2, -0.15) is 11.8 Å². The number of hydrogen-bond acceptors (Lipinski definition) is 4. The first-order valence-corrected chi connectivity index (χ1v) is 5.29. The van der Waals surface area contributed by atoms with Crippen LogP contribution in [-0.4, -0.2) is 29.4 Å². The molecule has 0 radical (unpaired) electrons. The summed E-state index contributed by atoms with van der Waals surface area (Å²) in [5.41, 5.74) is 0. The fraction of sp³-hybridized carbons (Fsp3) is 0.750. The van der Waals surface area contributed by atoms with Crippen LogP contribution in [0.1, 0.15) is 20.3 Å². The second kappa shape index (κ2) is 6.77. The number of carbonyl (C=O) groups is 2. The maximum Gasteiger partial charge on any atom is 0.217 e. The van der Waals surface area contributed by atoms with Crippen molar-refractivity contribution in [1.82, 2.24) is 5.32 Å². The van der Waals surface area contributed by atoms with Crippen molar-refractivity contribution in [1.29, 1.82) is 0 Å². The lowest BCUT2D eigenvalue weighted by Gasteiger charge is -2.18. The third-order valence-electron chi connectivity index (χ3n) is 1.42. The Morgan fingerprint density at radius 1 is 1.54 bits per heavy atom. The summed E-state index contributed by atoms with van der Waals surface area (Å²) in [5.74, 6) is 0.109. The highest BCUT2D eigenvalue weighted by Crippen LogP contribution is 2.03. The van der Waals surface area contributed by atoms with Gasteiger partial charge in [-0.05, 0) is 17.9 Å². The smallest absolute Gasteiger partial charge is 0.217 e. The van der Waals surface area contributed by atoms with Crippen LogP contribution in [0.2, 0.25) is 0 Å². The number of thioether (sulfide) groups is 1. The van der Waals surface area contributed by atoms with Gasteiger partial charge < -0.3 is 15.2 Å². The lowest BCUT2D eigenvalue weighted by Crippen LogP contribution is -2.47. The average Bonchev–Trinajstić information content (AvgIpc) is 2.02. The lowest BCUT2D eigenvalue weighted by molar-refractivity contribution is -0.308. The van der Waals surface area contributed by atoms with Gasteiger partial charge in [-0.1, -0.05) is 6.92 Å². The number of aliphatic carboxylic acids is 1. The second-order valence-electron chi connectivity index (χ2n) is 2.56. The third kappa shape index (κ3) is 6.45. The molecule has 76 valence electrons. The van der Waals surface area contributed by atoms with Crippen LogP contribution in [0.15, 0.2) is 0 Å². The molecule has 1 N–H and O–H groups in total. The molecule has 0 aliphatic carbocycles. The maximum atomic E-state index is 10.6. The van der Waals surface area contributed by atoms with Gasteiger partial charge >= 0.3 is 0 Å². The first-order chi connectivity index (χ1) is 6.07. The van der Waals surface area contributed by atoms with Crippen molar-refractivity contribution in [3.05, 3.63) is 0 Å². The highest BCUT2D eigenvalue weighted by molar-refractivity contribution is 7.99. The normalized spacial score (nSPS) is 12.2. The van der Waals surface area contributed by atoms with Crippen LogP contribution in [0.5, 0.6) is 0 Å². The van der Waals surface area contributed by atoms with E-state index in [4.69, 9.17) is 0 Å². The zero-order valence-electron chi connectivity index (χ0n) is 7.83. The predicted octanol–water partition coefficient (Wildman–Crippen LogP) is -0.616. The predicted molar refractivity (Wildman–Crippen MR) is 50.2 cm³/mol. The Morgan fingerprint density at radius 3 is 2.54 bits per heavy atom. The summed E-state index contributed by atoms with van der Waals surface area (Å²) in [6, 6.07) is -0.850. The van der Waals surface area contributed by atoms with Gasteiger partial charge in [0.05, 0.1) is 12.0 Å². The standard InChI is InChI=1S/C8H15NO3S/c1-3-13-5-4-7(8(11)12)9-6(2)10/h7H,3-5H2,1-2H3,(H,9,10)(H,11,12)/p-1/t7-/m1/s1. The molecular formula is C8H14NO3S-. The topological polar surface area (TPSA) is 69.2 Å². The van der Waals surface area contributed by atoms with Crippen LogP contribution in [0, 0.1) is 0 Å². The molecule has 0 aromatic carbocycles. The molecule has 0 heterocycles. The van der Waals surface area contributed by atoms with Crippen LogP contribution in [0.25, 0.3) is 0 Å². The Hall–Kier alpha value is -0.710. The van der Waals surface area contributed by atoms with Gasteiger partial charge in [-0.3, -0.25) is 4.79 Å². The van der Waals surface area contributed by atoms with E-state index in [1.165, 1.54) is 6.92 Å². The Bertz CT molecular complexity index is 184. The van der Waals surface area contributed by atoms with E-state index < -0.39 is 12.0 Å². The van der Waals surface area contributed by atoms with Crippen molar-refractivity contribution < 1.29 is 14.7 Å². The summed E-state index contributed by atoms with van der Waals surface area (Å²) in [7, 11) is 0. The molecule has 1 atom stereocenters. The van der Waals surface area contributed by atoms with Gasteiger partial charge in [-0.25, -0.2) is 0 Å². The molecule has 0 unspecified atom stereocenters. The van der Waals surface area contributed by atoms with Gasteiger partial charge in [0, 0.05) is 6.92 Å². The number of carboxylic acids is 1. The first kappa shape index (κ1) is 12.3. The minimum Gasteiger partial charge on any atom is -0.548 e. The van der Waals surface area contributed by atoms with Crippen molar-refractivity contribution in [3.63, 3.8) is 0 Å². The minimum absolute atomic E-state index is 0.337. The largest absolute Gasteiger partial charge is 0.548 e. The number of carboxylic acid groups (broad SMARTS) is 1. The molecule has 0 aromatic rings. The van der Waals surface area contributed by atoms with Gasteiger partial charge in [0.2, 0.25) is 5.91 Å². The van der Waals surface area contributed by atoms with E-state index in [-0.39, 0.29) is 5.91 Å². The second-order valence-corrected chi connectivity index (χ2v) is 3.95. The fourth-order valence-corrected chi connectivity index (χ4v) is 1.53. The number of amides is 1. The van der Waals surface area contributed by atoms with Crippen LogP contribution in [-0.2, 0) is 9.59 Å². The van der Waals surface area contributed by atoms with Gasteiger partial charge in [0.25, 0.3) is 0 Å².